The fourth-order valence-electron chi connectivity index (χ4n) is 2.38. The average molecular weight is 355 g/mol. The van der Waals surface area contributed by atoms with Gasteiger partial charge in [0.25, 0.3) is 0 Å². The molecule has 3 aromatic rings. The van der Waals surface area contributed by atoms with E-state index in [-0.39, 0.29) is 0 Å². The lowest BCUT2D eigenvalue weighted by Gasteiger charge is -2.23. The van der Waals surface area contributed by atoms with Crippen LogP contribution in [0.3, 0.4) is 0 Å². The maximum atomic E-state index is 4.31. The van der Waals surface area contributed by atoms with Crippen molar-refractivity contribution >= 4 is 28.4 Å². The number of thiazole rings is 1. The summed E-state index contributed by atoms with van der Waals surface area (Å²) in [4.78, 5) is 6.61. The van der Waals surface area contributed by atoms with Gasteiger partial charge in [0.1, 0.15) is 0 Å². The van der Waals surface area contributed by atoms with E-state index < -0.39 is 0 Å². The predicted octanol–water partition coefficient (Wildman–Crippen LogP) is 3.02. The summed E-state index contributed by atoms with van der Waals surface area (Å²) in [5, 5.41) is 14.9. The third-order valence-electron chi connectivity index (χ3n) is 3.70. The molecule has 0 amide bonds. The minimum Gasteiger partial charge on any atom is -0.370 e. The molecule has 1 N–H and O–H groups in total. The fraction of sp³-hybridized carbons (Fsp3) is 0.294. The predicted molar refractivity (Wildman–Crippen MR) is 102 cm³/mol. The molecule has 0 aliphatic heterocycles. The molecule has 0 aliphatic rings. The van der Waals surface area contributed by atoms with E-state index in [4.69, 9.17) is 0 Å². The zero-order chi connectivity index (χ0) is 17.5. The van der Waals surface area contributed by atoms with Crippen molar-refractivity contribution in [2.75, 3.05) is 23.4 Å². The van der Waals surface area contributed by atoms with E-state index in [1.807, 2.05) is 23.2 Å². The summed E-state index contributed by atoms with van der Waals surface area (Å²) in [6.45, 7) is 6.75. The Morgan fingerprint density at radius 3 is 2.80 bits per heavy atom. The van der Waals surface area contributed by atoms with Gasteiger partial charge in [-0.1, -0.05) is 17.3 Å². The Morgan fingerprint density at radius 2 is 2.16 bits per heavy atom. The molecule has 0 spiro atoms. The van der Waals surface area contributed by atoms with Gasteiger partial charge in [-0.25, -0.2) is 4.98 Å². The number of anilines is 2. The van der Waals surface area contributed by atoms with Crippen molar-refractivity contribution in [3.05, 3.63) is 53.3 Å². The number of aryl methyl sites for hydroxylation is 1. The summed E-state index contributed by atoms with van der Waals surface area (Å²) in [5.74, 6) is 0. The average Bonchev–Trinajstić information content (AvgIpc) is 3.28. The van der Waals surface area contributed by atoms with E-state index >= 15 is 0 Å². The molecule has 0 unspecified atom stereocenters. The van der Waals surface area contributed by atoms with Gasteiger partial charge in [-0.15, -0.1) is 16.4 Å². The van der Waals surface area contributed by atoms with Crippen LogP contribution in [0.4, 0.5) is 10.8 Å². The fourth-order valence-corrected chi connectivity index (χ4v) is 3.02. The van der Waals surface area contributed by atoms with Gasteiger partial charge in [-0.05, 0) is 31.5 Å². The third-order valence-corrected chi connectivity index (χ3v) is 4.57. The van der Waals surface area contributed by atoms with Crippen LogP contribution in [0.2, 0.25) is 0 Å². The zero-order valence-corrected chi connectivity index (χ0v) is 15.1. The molecule has 0 saturated heterocycles. The standard InChI is InChI=1S/C17H21N7S/c1-3-23(10-11-24-9-8-18-22-24)16-6-4-15(5-7-16)12-19-21-17-20-14(2)13-25-17/h4-9,12-13H,3,10-11H2,1-2H3,(H,20,21). The number of rotatable bonds is 8. The van der Waals surface area contributed by atoms with E-state index in [2.05, 4.69) is 61.9 Å². The van der Waals surface area contributed by atoms with Crippen LogP contribution in [0.25, 0.3) is 0 Å². The first-order chi connectivity index (χ1) is 12.2. The minimum atomic E-state index is 0.802. The molecular weight excluding hydrogens is 334 g/mol. The second-order valence-corrected chi connectivity index (χ2v) is 6.36. The van der Waals surface area contributed by atoms with Crippen LogP contribution in [-0.4, -0.2) is 39.3 Å². The van der Waals surface area contributed by atoms with E-state index in [1.165, 1.54) is 5.69 Å². The Kier molecular flexibility index (Phi) is 5.73. The van der Waals surface area contributed by atoms with Gasteiger partial charge < -0.3 is 4.90 Å². The molecule has 3 rings (SSSR count). The molecule has 25 heavy (non-hydrogen) atoms. The highest BCUT2D eigenvalue weighted by atomic mass is 32.1. The minimum absolute atomic E-state index is 0.802. The summed E-state index contributed by atoms with van der Waals surface area (Å²) in [5.41, 5.74) is 6.17. The van der Waals surface area contributed by atoms with Crippen molar-refractivity contribution in [2.45, 2.75) is 20.4 Å². The number of hydrogen-bond donors (Lipinski definition) is 1. The van der Waals surface area contributed by atoms with E-state index in [9.17, 15) is 0 Å². The topological polar surface area (TPSA) is 71.2 Å². The normalized spacial score (nSPS) is 11.1. The van der Waals surface area contributed by atoms with Crippen molar-refractivity contribution in [1.82, 2.24) is 20.0 Å². The Bertz CT molecular complexity index is 793. The number of likely N-dealkylation sites (N-methyl/N-ethyl adjacent to an activating group) is 1. The van der Waals surface area contributed by atoms with E-state index in [0.717, 1.165) is 36.0 Å². The molecule has 1 aromatic carbocycles. The van der Waals surface area contributed by atoms with E-state index in [0.29, 0.717) is 0 Å². The molecule has 0 bridgehead atoms. The van der Waals surface area contributed by atoms with Crippen LogP contribution >= 0.6 is 11.3 Å². The lowest BCUT2D eigenvalue weighted by Crippen LogP contribution is -2.27. The first-order valence-electron chi connectivity index (χ1n) is 8.15. The van der Waals surface area contributed by atoms with Gasteiger partial charge in [0.15, 0.2) is 0 Å². The zero-order valence-electron chi connectivity index (χ0n) is 14.3. The number of aromatic nitrogens is 4. The quantitative estimate of drug-likeness (QED) is 0.497. The molecule has 7 nitrogen and oxygen atoms in total. The van der Waals surface area contributed by atoms with Crippen LogP contribution in [0.15, 0.2) is 47.1 Å². The van der Waals surface area contributed by atoms with Gasteiger partial charge in [-0.3, -0.25) is 10.1 Å². The summed E-state index contributed by atoms with van der Waals surface area (Å²) >= 11 is 1.54. The molecule has 0 atom stereocenters. The van der Waals surface area contributed by atoms with Gasteiger partial charge in [0.05, 0.1) is 24.7 Å². The number of nitrogens with one attached hydrogen (secondary N) is 1. The van der Waals surface area contributed by atoms with Crippen LogP contribution in [-0.2, 0) is 6.54 Å². The van der Waals surface area contributed by atoms with E-state index in [1.54, 1.807) is 23.7 Å². The second-order valence-electron chi connectivity index (χ2n) is 5.50. The molecule has 0 radical (unpaired) electrons. The van der Waals surface area contributed by atoms with Crippen LogP contribution in [0.5, 0.6) is 0 Å². The largest absolute Gasteiger partial charge is 0.370 e. The summed E-state index contributed by atoms with van der Waals surface area (Å²) in [6, 6.07) is 8.34. The highest BCUT2D eigenvalue weighted by Crippen LogP contribution is 2.16. The molecule has 0 aliphatic carbocycles. The van der Waals surface area contributed by atoms with Crippen molar-refractivity contribution in [3.8, 4) is 0 Å². The van der Waals surface area contributed by atoms with Gasteiger partial charge >= 0.3 is 0 Å². The summed E-state index contributed by atoms with van der Waals surface area (Å²) < 4.78 is 1.84. The molecule has 0 saturated carbocycles. The van der Waals surface area contributed by atoms with Crippen molar-refractivity contribution in [1.29, 1.82) is 0 Å². The second kappa shape index (κ2) is 8.39. The Morgan fingerprint density at radius 1 is 1.32 bits per heavy atom. The van der Waals surface area contributed by atoms with Crippen molar-refractivity contribution < 1.29 is 0 Å². The van der Waals surface area contributed by atoms with Gasteiger partial charge in [0.2, 0.25) is 5.13 Å². The number of hydrogen-bond acceptors (Lipinski definition) is 7. The highest BCUT2D eigenvalue weighted by Gasteiger charge is 2.04. The third kappa shape index (κ3) is 4.87. The van der Waals surface area contributed by atoms with Crippen molar-refractivity contribution in [2.24, 2.45) is 5.10 Å². The molecule has 130 valence electrons. The molecular formula is C17H21N7S. The first-order valence-corrected chi connectivity index (χ1v) is 9.03. The van der Waals surface area contributed by atoms with Crippen LogP contribution in [0, 0.1) is 6.92 Å². The molecule has 8 heteroatoms. The number of nitrogens with zero attached hydrogens (tertiary/aromatic N) is 6. The summed E-state index contributed by atoms with van der Waals surface area (Å²) in [6.07, 6.45) is 5.38. The Hall–Kier alpha value is -2.74. The van der Waals surface area contributed by atoms with Gasteiger partial charge in [0, 0.05) is 30.4 Å². The smallest absolute Gasteiger partial charge is 0.203 e. The Balaban J connectivity index is 1.56. The lowest BCUT2D eigenvalue weighted by atomic mass is 10.2. The first kappa shape index (κ1) is 17.1. The SMILES string of the molecule is CCN(CCn1ccnn1)c1ccc(C=NNc2nc(C)cs2)cc1. The molecule has 0 fully saturated rings. The van der Waals surface area contributed by atoms with Crippen LogP contribution in [0.1, 0.15) is 18.2 Å². The van der Waals surface area contributed by atoms with Gasteiger partial charge in [-0.2, -0.15) is 5.10 Å². The number of hydrazone groups is 1. The number of benzene rings is 1. The van der Waals surface area contributed by atoms with Crippen LogP contribution < -0.4 is 10.3 Å². The lowest BCUT2D eigenvalue weighted by molar-refractivity contribution is 0.579. The monoisotopic (exact) mass is 355 g/mol. The highest BCUT2D eigenvalue weighted by molar-refractivity contribution is 7.13. The van der Waals surface area contributed by atoms with Crippen molar-refractivity contribution in [3.63, 3.8) is 0 Å². The molecule has 2 aromatic heterocycles. The Labute approximate surface area is 151 Å². The summed E-state index contributed by atoms with van der Waals surface area (Å²) in [7, 11) is 0. The maximum absolute atomic E-state index is 4.31. The molecule has 2 heterocycles. The maximum Gasteiger partial charge on any atom is 0.203 e.